The van der Waals surface area contributed by atoms with Crippen molar-refractivity contribution in [2.75, 3.05) is 20.3 Å². The van der Waals surface area contributed by atoms with E-state index in [9.17, 15) is 8.78 Å². The maximum atomic E-state index is 12.5. The summed E-state index contributed by atoms with van der Waals surface area (Å²) in [4.78, 5) is 17.5. The van der Waals surface area contributed by atoms with Crippen molar-refractivity contribution in [3.05, 3.63) is 30.0 Å². The highest BCUT2D eigenvalue weighted by Gasteiger charge is 2.24. The molecule has 0 aromatic carbocycles. The predicted molar refractivity (Wildman–Crippen MR) is 121 cm³/mol. The standard InChI is InChI=1S/C11H14F2N4O.C11H14N4O/c1-6(2)7-4-14-9-10(15-7)17(5-8(12)13)16-11(9)18-3;1-7(2)9-3-12-10-4-13-15(11(10)14-9)8-5-16-6-8/h4,6,8H,5H2,1-3H3;3-4,7-8H,5-6H2,1-2H3. The minimum Gasteiger partial charge on any atom is -0.478 e. The molecule has 0 bridgehead atoms. The van der Waals surface area contributed by atoms with Gasteiger partial charge in [-0.3, -0.25) is 0 Å². The molecule has 0 amide bonds. The monoisotopic (exact) mass is 474 g/mol. The first-order valence-electron chi connectivity index (χ1n) is 11.1. The van der Waals surface area contributed by atoms with Crippen LogP contribution in [0.1, 0.15) is 57.0 Å². The van der Waals surface area contributed by atoms with Crippen molar-refractivity contribution in [3.8, 4) is 5.88 Å². The van der Waals surface area contributed by atoms with Crippen LogP contribution in [0.15, 0.2) is 18.6 Å². The van der Waals surface area contributed by atoms with E-state index in [1.54, 1.807) is 12.4 Å². The molecule has 182 valence electrons. The Morgan fingerprint density at radius 3 is 2.21 bits per heavy atom. The van der Waals surface area contributed by atoms with E-state index in [-0.39, 0.29) is 11.8 Å². The van der Waals surface area contributed by atoms with Crippen LogP contribution in [0.4, 0.5) is 8.78 Å². The Kier molecular flexibility index (Phi) is 6.96. The highest BCUT2D eigenvalue weighted by atomic mass is 19.3. The summed E-state index contributed by atoms with van der Waals surface area (Å²) in [6, 6.07) is 0.328. The van der Waals surface area contributed by atoms with Crippen LogP contribution in [-0.4, -0.2) is 66.2 Å². The lowest BCUT2D eigenvalue weighted by molar-refractivity contribution is -0.0269. The minimum absolute atomic E-state index is 0.169. The quantitative estimate of drug-likeness (QED) is 0.416. The van der Waals surface area contributed by atoms with Crippen LogP contribution in [0.5, 0.6) is 5.88 Å². The first-order valence-corrected chi connectivity index (χ1v) is 11.1. The van der Waals surface area contributed by atoms with Gasteiger partial charge in [0.05, 0.1) is 37.9 Å². The number of aromatic nitrogens is 8. The molecule has 0 saturated carbocycles. The molecule has 34 heavy (non-hydrogen) atoms. The molecule has 0 spiro atoms. The SMILES string of the molecule is CC(C)c1cnc2cnn(C3COC3)c2n1.COc1nn(CC(F)F)c2nc(C(C)C)cnc12. The molecule has 0 aliphatic carbocycles. The van der Waals surface area contributed by atoms with Crippen molar-refractivity contribution >= 4 is 22.3 Å². The molecule has 12 heteroatoms. The van der Waals surface area contributed by atoms with E-state index in [0.29, 0.717) is 23.1 Å². The molecule has 10 nitrogen and oxygen atoms in total. The van der Waals surface area contributed by atoms with Gasteiger partial charge in [-0.2, -0.15) is 5.10 Å². The molecule has 0 atom stereocenters. The normalized spacial score (nSPS) is 14.2. The molecule has 0 radical (unpaired) electrons. The fourth-order valence-electron chi connectivity index (χ4n) is 3.34. The van der Waals surface area contributed by atoms with Gasteiger partial charge in [0.25, 0.3) is 12.3 Å². The van der Waals surface area contributed by atoms with Gasteiger partial charge in [0.1, 0.15) is 18.1 Å². The Morgan fingerprint density at radius 1 is 1.00 bits per heavy atom. The van der Waals surface area contributed by atoms with Gasteiger partial charge in [-0.1, -0.05) is 27.7 Å². The lowest BCUT2D eigenvalue weighted by Crippen LogP contribution is -2.31. The Hall–Kier alpha value is -3.28. The number of hydrogen-bond donors (Lipinski definition) is 0. The second-order valence-corrected chi connectivity index (χ2v) is 8.64. The van der Waals surface area contributed by atoms with Crippen molar-refractivity contribution in [1.29, 1.82) is 0 Å². The third-order valence-corrected chi connectivity index (χ3v) is 5.41. The van der Waals surface area contributed by atoms with E-state index in [1.165, 1.54) is 7.11 Å². The number of ether oxygens (including phenoxy) is 2. The lowest BCUT2D eigenvalue weighted by Gasteiger charge is -2.26. The number of halogens is 2. The Labute approximate surface area is 195 Å². The largest absolute Gasteiger partial charge is 0.478 e. The summed E-state index contributed by atoms with van der Waals surface area (Å²) in [5, 5.41) is 8.27. The van der Waals surface area contributed by atoms with E-state index >= 15 is 0 Å². The summed E-state index contributed by atoms with van der Waals surface area (Å²) < 4.78 is 38.2. The zero-order valence-corrected chi connectivity index (χ0v) is 19.8. The maximum absolute atomic E-state index is 12.5. The summed E-state index contributed by atoms with van der Waals surface area (Å²) in [6.07, 6.45) is 2.72. The first-order chi connectivity index (χ1) is 16.3. The molecule has 1 saturated heterocycles. The van der Waals surface area contributed by atoms with Crippen LogP contribution in [0, 0.1) is 0 Å². The zero-order valence-electron chi connectivity index (χ0n) is 19.8. The molecule has 5 rings (SSSR count). The van der Waals surface area contributed by atoms with Gasteiger partial charge >= 0.3 is 0 Å². The van der Waals surface area contributed by atoms with Crippen molar-refractivity contribution < 1.29 is 18.3 Å². The van der Waals surface area contributed by atoms with Crippen molar-refractivity contribution in [3.63, 3.8) is 0 Å². The second-order valence-electron chi connectivity index (χ2n) is 8.64. The number of fused-ring (bicyclic) bond motifs is 2. The summed E-state index contributed by atoms with van der Waals surface area (Å²) in [6.45, 7) is 9.08. The Bertz CT molecular complexity index is 1270. The van der Waals surface area contributed by atoms with Gasteiger partial charge in [-0.25, -0.2) is 38.1 Å². The molecule has 1 aliphatic heterocycles. The molecular weight excluding hydrogens is 446 g/mol. The molecule has 0 unspecified atom stereocenters. The Balaban J connectivity index is 0.000000162. The molecule has 4 aromatic rings. The van der Waals surface area contributed by atoms with Crippen LogP contribution in [0.25, 0.3) is 22.3 Å². The van der Waals surface area contributed by atoms with E-state index in [0.717, 1.165) is 40.4 Å². The average molecular weight is 475 g/mol. The van der Waals surface area contributed by atoms with Gasteiger partial charge in [0.2, 0.25) is 0 Å². The lowest BCUT2D eigenvalue weighted by atomic mass is 10.1. The highest BCUT2D eigenvalue weighted by Crippen LogP contribution is 2.24. The number of rotatable bonds is 6. The van der Waals surface area contributed by atoms with Crippen LogP contribution in [0.3, 0.4) is 0 Å². The van der Waals surface area contributed by atoms with Crippen LogP contribution in [0.2, 0.25) is 0 Å². The maximum Gasteiger partial charge on any atom is 0.261 e. The van der Waals surface area contributed by atoms with Crippen LogP contribution in [-0.2, 0) is 11.3 Å². The number of nitrogens with zero attached hydrogens (tertiary/aromatic N) is 8. The average Bonchev–Trinajstić information content (AvgIpc) is 3.33. The third-order valence-electron chi connectivity index (χ3n) is 5.41. The molecule has 4 aromatic heterocycles. The van der Waals surface area contributed by atoms with E-state index in [2.05, 4.69) is 44.0 Å². The smallest absolute Gasteiger partial charge is 0.261 e. The highest BCUT2D eigenvalue weighted by molar-refractivity contribution is 5.76. The zero-order chi connectivity index (χ0) is 24.4. The number of hydrogen-bond acceptors (Lipinski definition) is 8. The van der Waals surface area contributed by atoms with Gasteiger partial charge in [0, 0.05) is 12.4 Å². The van der Waals surface area contributed by atoms with Crippen molar-refractivity contribution in [2.24, 2.45) is 0 Å². The van der Waals surface area contributed by atoms with Gasteiger partial charge in [-0.15, -0.1) is 5.10 Å². The molecular formula is C22H28F2N8O2. The fourth-order valence-corrected chi connectivity index (χ4v) is 3.34. The van der Waals surface area contributed by atoms with Gasteiger partial charge < -0.3 is 9.47 Å². The summed E-state index contributed by atoms with van der Waals surface area (Å²) >= 11 is 0. The topological polar surface area (TPSA) is 106 Å². The van der Waals surface area contributed by atoms with Crippen LogP contribution >= 0.6 is 0 Å². The summed E-state index contributed by atoms with van der Waals surface area (Å²) in [5.74, 6) is 0.772. The Morgan fingerprint density at radius 2 is 1.65 bits per heavy atom. The van der Waals surface area contributed by atoms with Crippen LogP contribution < -0.4 is 4.74 Å². The fraction of sp³-hybridized carbons (Fsp3) is 0.545. The van der Waals surface area contributed by atoms with Gasteiger partial charge in [-0.05, 0) is 11.8 Å². The van der Waals surface area contributed by atoms with E-state index in [4.69, 9.17) is 9.47 Å². The predicted octanol–water partition coefficient (Wildman–Crippen LogP) is 3.74. The first kappa shape index (κ1) is 23.9. The number of alkyl halides is 2. The van der Waals surface area contributed by atoms with Gasteiger partial charge in [0.15, 0.2) is 16.8 Å². The van der Waals surface area contributed by atoms with Crippen molar-refractivity contribution in [1.82, 2.24) is 39.5 Å². The third kappa shape index (κ3) is 4.81. The van der Waals surface area contributed by atoms with E-state index < -0.39 is 13.0 Å². The second kappa shape index (κ2) is 9.92. The number of methoxy groups -OCH3 is 1. The summed E-state index contributed by atoms with van der Waals surface area (Å²) in [5.41, 5.74) is 4.21. The molecule has 1 aliphatic rings. The molecule has 1 fully saturated rings. The summed E-state index contributed by atoms with van der Waals surface area (Å²) in [7, 11) is 1.42. The molecule has 0 N–H and O–H groups in total. The van der Waals surface area contributed by atoms with E-state index in [1.807, 2.05) is 24.7 Å². The molecule has 5 heterocycles. The minimum atomic E-state index is -2.50. The van der Waals surface area contributed by atoms with Crippen molar-refractivity contribution in [2.45, 2.75) is 58.5 Å².